The highest BCUT2D eigenvalue weighted by Crippen LogP contribution is 2.32. The van der Waals surface area contributed by atoms with Gasteiger partial charge in [0.15, 0.2) is 6.80 Å². The van der Waals surface area contributed by atoms with Gasteiger partial charge >= 0.3 is 6.18 Å². The van der Waals surface area contributed by atoms with Crippen LogP contribution >= 0.6 is 0 Å². The lowest BCUT2D eigenvalue weighted by molar-refractivity contribution is -0.137. The lowest BCUT2D eigenvalue weighted by Gasteiger charge is -2.11. The van der Waals surface area contributed by atoms with Crippen LogP contribution in [0.4, 0.5) is 17.6 Å². The number of nitrogens with zero attached hydrogens (tertiary/aromatic N) is 1. The van der Waals surface area contributed by atoms with E-state index in [0.717, 1.165) is 16.7 Å². The van der Waals surface area contributed by atoms with Crippen LogP contribution in [-0.2, 0) is 13.0 Å². The van der Waals surface area contributed by atoms with Gasteiger partial charge in [0.2, 0.25) is 0 Å². The minimum atomic E-state index is -4.42. The summed E-state index contributed by atoms with van der Waals surface area (Å²) in [5.74, 6) is 0. The van der Waals surface area contributed by atoms with Crippen LogP contribution in [0.25, 0.3) is 22.0 Å². The maximum absolute atomic E-state index is 13.0. The van der Waals surface area contributed by atoms with Gasteiger partial charge in [-0.3, -0.25) is 9.36 Å². The van der Waals surface area contributed by atoms with Gasteiger partial charge in [-0.25, -0.2) is 4.39 Å². The fourth-order valence-corrected chi connectivity index (χ4v) is 2.48. The largest absolute Gasteiger partial charge is 0.416 e. The van der Waals surface area contributed by atoms with Gasteiger partial charge in [-0.05, 0) is 46.8 Å². The van der Waals surface area contributed by atoms with E-state index >= 15 is 0 Å². The standard InChI is InChI=1S/C17H11F4NO/c18-10-22-15-6-4-12(8-13(15)5-7-16(22)23)11-2-1-3-14(9-11)17(19,20)21/h1-9H,10H2. The number of halogens is 4. The zero-order valence-corrected chi connectivity index (χ0v) is 11.8. The highest BCUT2D eigenvalue weighted by molar-refractivity contribution is 5.84. The quantitative estimate of drug-likeness (QED) is 0.632. The van der Waals surface area contributed by atoms with Crippen LogP contribution in [0, 0.1) is 0 Å². The topological polar surface area (TPSA) is 22.0 Å². The molecule has 2 aromatic carbocycles. The van der Waals surface area contributed by atoms with Crippen molar-refractivity contribution in [3.8, 4) is 11.1 Å². The van der Waals surface area contributed by atoms with Gasteiger partial charge < -0.3 is 0 Å². The maximum Gasteiger partial charge on any atom is 0.416 e. The molecule has 0 aliphatic rings. The molecule has 0 saturated heterocycles. The highest BCUT2D eigenvalue weighted by Gasteiger charge is 2.30. The molecule has 2 nitrogen and oxygen atoms in total. The van der Waals surface area contributed by atoms with Crippen LogP contribution in [0.1, 0.15) is 5.56 Å². The lowest BCUT2D eigenvalue weighted by atomic mass is 10.0. The fourth-order valence-electron chi connectivity index (χ4n) is 2.48. The summed E-state index contributed by atoms with van der Waals surface area (Å²) in [5.41, 5.74) is 0.166. The van der Waals surface area contributed by atoms with Crippen molar-refractivity contribution in [1.82, 2.24) is 4.57 Å². The first-order valence-corrected chi connectivity index (χ1v) is 6.77. The Morgan fingerprint density at radius 3 is 2.35 bits per heavy atom. The first-order chi connectivity index (χ1) is 10.9. The van der Waals surface area contributed by atoms with Crippen LogP contribution in [-0.4, -0.2) is 4.57 Å². The van der Waals surface area contributed by atoms with Gasteiger partial charge in [0.25, 0.3) is 5.56 Å². The second-order valence-electron chi connectivity index (χ2n) is 5.07. The average Bonchev–Trinajstić information content (AvgIpc) is 2.54. The summed E-state index contributed by atoms with van der Waals surface area (Å²) in [6.45, 7) is -0.959. The molecule has 0 aliphatic heterocycles. The Labute approximate surface area is 128 Å². The summed E-state index contributed by atoms with van der Waals surface area (Å²) in [6, 6.07) is 12.5. The van der Waals surface area contributed by atoms with Crippen LogP contribution in [0.3, 0.4) is 0 Å². The molecular weight excluding hydrogens is 310 g/mol. The Morgan fingerprint density at radius 1 is 0.913 bits per heavy atom. The molecule has 1 aromatic heterocycles. The molecule has 0 aliphatic carbocycles. The van der Waals surface area contributed by atoms with Gasteiger partial charge in [-0.1, -0.05) is 18.2 Å². The van der Waals surface area contributed by atoms with Crippen LogP contribution in [0.5, 0.6) is 0 Å². The van der Waals surface area contributed by atoms with E-state index in [9.17, 15) is 22.4 Å². The SMILES string of the molecule is O=c1ccc2cc(-c3cccc(C(F)(F)F)c3)ccc2n1CF. The van der Waals surface area contributed by atoms with Gasteiger partial charge in [-0.15, -0.1) is 0 Å². The summed E-state index contributed by atoms with van der Waals surface area (Å²) >= 11 is 0. The van der Waals surface area contributed by atoms with Gasteiger partial charge in [0.05, 0.1) is 11.1 Å². The van der Waals surface area contributed by atoms with Crippen molar-refractivity contribution in [2.24, 2.45) is 0 Å². The molecule has 0 radical (unpaired) electrons. The molecule has 0 fully saturated rings. The number of aromatic nitrogens is 1. The highest BCUT2D eigenvalue weighted by atomic mass is 19.4. The molecule has 0 saturated carbocycles. The first kappa shape index (κ1) is 15.3. The second-order valence-corrected chi connectivity index (χ2v) is 5.07. The number of hydrogen-bond acceptors (Lipinski definition) is 1. The van der Waals surface area contributed by atoms with Crippen molar-refractivity contribution in [2.45, 2.75) is 13.0 Å². The summed E-state index contributed by atoms with van der Waals surface area (Å²) in [4.78, 5) is 11.6. The Balaban J connectivity index is 2.15. The fraction of sp³-hybridized carbons (Fsp3) is 0.118. The lowest BCUT2D eigenvalue weighted by Crippen LogP contribution is -2.17. The van der Waals surface area contributed by atoms with Gasteiger partial charge in [0, 0.05) is 6.07 Å². The molecule has 0 amide bonds. The minimum Gasteiger partial charge on any atom is -0.279 e. The Hall–Kier alpha value is -2.63. The molecule has 23 heavy (non-hydrogen) atoms. The van der Waals surface area contributed by atoms with E-state index < -0.39 is 24.1 Å². The molecular formula is C17H11F4NO. The molecule has 118 valence electrons. The zero-order valence-electron chi connectivity index (χ0n) is 11.8. The smallest absolute Gasteiger partial charge is 0.279 e. The third kappa shape index (κ3) is 2.84. The number of benzene rings is 2. The molecule has 1 heterocycles. The summed E-state index contributed by atoms with van der Waals surface area (Å²) in [7, 11) is 0. The van der Waals surface area contributed by atoms with Crippen LogP contribution in [0.2, 0.25) is 0 Å². The monoisotopic (exact) mass is 321 g/mol. The summed E-state index contributed by atoms with van der Waals surface area (Å²) < 4.78 is 52.3. The third-order valence-corrected chi connectivity index (χ3v) is 3.63. The number of hydrogen-bond donors (Lipinski definition) is 0. The Morgan fingerprint density at radius 2 is 1.65 bits per heavy atom. The molecule has 0 unspecified atom stereocenters. The molecule has 0 spiro atoms. The van der Waals surface area contributed by atoms with Crippen LogP contribution < -0.4 is 5.56 Å². The summed E-state index contributed by atoms with van der Waals surface area (Å²) in [5, 5.41) is 0.581. The molecule has 0 N–H and O–H groups in total. The molecule has 3 rings (SSSR count). The van der Waals surface area contributed by atoms with Crippen molar-refractivity contribution in [2.75, 3.05) is 0 Å². The van der Waals surface area contributed by atoms with E-state index in [0.29, 0.717) is 22.0 Å². The summed E-state index contributed by atoms with van der Waals surface area (Å²) in [6.07, 6.45) is -4.42. The predicted molar refractivity (Wildman–Crippen MR) is 79.8 cm³/mol. The first-order valence-electron chi connectivity index (χ1n) is 6.77. The van der Waals surface area contributed by atoms with Crippen molar-refractivity contribution in [3.05, 3.63) is 70.5 Å². The maximum atomic E-state index is 13.0. The van der Waals surface area contributed by atoms with Gasteiger partial charge in [-0.2, -0.15) is 13.2 Å². The predicted octanol–water partition coefficient (Wildman–Crippen LogP) is 4.61. The zero-order chi connectivity index (χ0) is 16.6. The molecule has 0 bridgehead atoms. The van der Waals surface area contributed by atoms with E-state index in [1.807, 2.05) is 0 Å². The van der Waals surface area contributed by atoms with E-state index in [-0.39, 0.29) is 0 Å². The molecule has 0 atom stereocenters. The van der Waals surface area contributed by atoms with Crippen LogP contribution in [0.15, 0.2) is 59.4 Å². The van der Waals surface area contributed by atoms with Crippen molar-refractivity contribution in [3.63, 3.8) is 0 Å². The molecule has 3 aromatic rings. The van der Waals surface area contributed by atoms with E-state index in [1.54, 1.807) is 18.2 Å². The van der Waals surface area contributed by atoms with Crippen molar-refractivity contribution >= 4 is 10.9 Å². The van der Waals surface area contributed by atoms with Crippen molar-refractivity contribution < 1.29 is 17.6 Å². The van der Waals surface area contributed by atoms with E-state index in [1.165, 1.54) is 24.3 Å². The normalized spacial score (nSPS) is 11.8. The average molecular weight is 321 g/mol. The second kappa shape index (κ2) is 5.53. The minimum absolute atomic E-state index is 0.399. The van der Waals surface area contributed by atoms with Gasteiger partial charge in [0.1, 0.15) is 0 Å². The van der Waals surface area contributed by atoms with E-state index in [2.05, 4.69) is 0 Å². The Bertz CT molecular complexity index is 928. The van der Waals surface area contributed by atoms with E-state index in [4.69, 9.17) is 0 Å². The van der Waals surface area contributed by atoms with Crippen molar-refractivity contribution in [1.29, 1.82) is 0 Å². The number of pyridine rings is 1. The number of rotatable bonds is 2. The Kier molecular flexibility index (Phi) is 3.67. The third-order valence-electron chi connectivity index (χ3n) is 3.63. The number of alkyl halides is 4. The number of fused-ring (bicyclic) bond motifs is 1. The molecule has 6 heteroatoms.